The quantitative estimate of drug-likeness (QED) is 0.558. The zero-order valence-electron chi connectivity index (χ0n) is 11.5. The van der Waals surface area contributed by atoms with E-state index in [1.54, 1.807) is 21.3 Å². The van der Waals surface area contributed by atoms with Gasteiger partial charge < -0.3 is 24.1 Å². The Kier molecular flexibility index (Phi) is 7.73. The van der Waals surface area contributed by atoms with Crippen molar-refractivity contribution >= 4 is 0 Å². The van der Waals surface area contributed by atoms with E-state index in [0.717, 1.165) is 13.1 Å². The lowest BCUT2D eigenvalue weighted by Crippen LogP contribution is -2.34. The van der Waals surface area contributed by atoms with E-state index in [2.05, 4.69) is 4.90 Å². The fourth-order valence-electron chi connectivity index (χ4n) is 2.13. The van der Waals surface area contributed by atoms with E-state index in [9.17, 15) is 5.11 Å². The highest BCUT2D eigenvalue weighted by molar-refractivity contribution is 4.86. The smallest absolute Gasteiger partial charge is 0.0971 e. The molecule has 1 fully saturated rings. The molecule has 6 nitrogen and oxygen atoms in total. The standard InChI is InChI=1S/C12H25NO5/c1-15-4-5-18-9-10(14)6-13-7-11(16-2)12(8-13)17-3/h10-12,14H,4-9H2,1-3H3. The first kappa shape index (κ1) is 15.8. The number of methoxy groups -OCH3 is 3. The van der Waals surface area contributed by atoms with Crippen LogP contribution in [0.2, 0.25) is 0 Å². The highest BCUT2D eigenvalue weighted by Crippen LogP contribution is 2.15. The van der Waals surface area contributed by atoms with Gasteiger partial charge in [-0.1, -0.05) is 0 Å². The molecule has 1 aliphatic heterocycles. The number of rotatable bonds is 9. The lowest BCUT2D eigenvalue weighted by molar-refractivity contribution is -0.00461. The second kappa shape index (κ2) is 8.79. The van der Waals surface area contributed by atoms with Gasteiger partial charge in [-0.2, -0.15) is 0 Å². The first-order chi connectivity index (χ1) is 8.71. The Morgan fingerprint density at radius 2 is 1.72 bits per heavy atom. The van der Waals surface area contributed by atoms with Crippen molar-refractivity contribution in [3.05, 3.63) is 0 Å². The van der Waals surface area contributed by atoms with Crippen LogP contribution in [0.15, 0.2) is 0 Å². The summed E-state index contributed by atoms with van der Waals surface area (Å²) in [4.78, 5) is 2.13. The van der Waals surface area contributed by atoms with Gasteiger partial charge in [-0.25, -0.2) is 0 Å². The molecule has 3 unspecified atom stereocenters. The maximum absolute atomic E-state index is 9.84. The zero-order valence-corrected chi connectivity index (χ0v) is 11.5. The van der Waals surface area contributed by atoms with Crippen LogP contribution in [-0.4, -0.2) is 89.1 Å². The number of ether oxygens (including phenoxy) is 4. The summed E-state index contributed by atoms with van der Waals surface area (Å²) in [5.74, 6) is 0. The summed E-state index contributed by atoms with van der Waals surface area (Å²) in [5.41, 5.74) is 0. The molecule has 18 heavy (non-hydrogen) atoms. The van der Waals surface area contributed by atoms with Crippen molar-refractivity contribution in [1.82, 2.24) is 4.90 Å². The van der Waals surface area contributed by atoms with E-state index in [1.807, 2.05) is 0 Å². The summed E-state index contributed by atoms with van der Waals surface area (Å²) in [6.45, 7) is 3.53. The second-order valence-electron chi connectivity index (χ2n) is 4.49. The van der Waals surface area contributed by atoms with Crippen molar-refractivity contribution in [1.29, 1.82) is 0 Å². The molecule has 1 heterocycles. The highest BCUT2D eigenvalue weighted by atomic mass is 16.5. The van der Waals surface area contributed by atoms with Crippen LogP contribution in [0.3, 0.4) is 0 Å². The molecule has 0 aromatic carbocycles. The molecule has 0 amide bonds. The molecule has 1 saturated heterocycles. The number of hydrogen-bond acceptors (Lipinski definition) is 6. The normalized spacial score (nSPS) is 26.7. The third kappa shape index (κ3) is 5.17. The van der Waals surface area contributed by atoms with Gasteiger partial charge >= 0.3 is 0 Å². The largest absolute Gasteiger partial charge is 0.389 e. The van der Waals surface area contributed by atoms with Gasteiger partial charge in [0.05, 0.1) is 38.1 Å². The molecule has 0 radical (unpaired) electrons. The van der Waals surface area contributed by atoms with Gasteiger partial charge in [-0.05, 0) is 0 Å². The number of nitrogens with zero attached hydrogens (tertiary/aromatic N) is 1. The number of β-amino-alcohol motifs (C(OH)–C–C–N with tert-alkyl or cyclic N) is 1. The number of aliphatic hydroxyl groups excluding tert-OH is 1. The predicted octanol–water partition coefficient (Wildman–Crippen LogP) is -0.644. The summed E-state index contributed by atoms with van der Waals surface area (Å²) < 4.78 is 20.8. The molecule has 0 bridgehead atoms. The minimum atomic E-state index is -0.491. The van der Waals surface area contributed by atoms with Crippen molar-refractivity contribution in [3.8, 4) is 0 Å². The highest BCUT2D eigenvalue weighted by Gasteiger charge is 2.33. The monoisotopic (exact) mass is 263 g/mol. The van der Waals surface area contributed by atoms with E-state index in [-0.39, 0.29) is 12.2 Å². The summed E-state index contributed by atoms with van der Waals surface area (Å²) in [5, 5.41) is 9.84. The molecule has 1 N–H and O–H groups in total. The third-order valence-corrected chi connectivity index (χ3v) is 3.11. The molecule has 1 aliphatic rings. The summed E-state index contributed by atoms with van der Waals surface area (Å²) in [6.07, 6.45) is -0.330. The maximum Gasteiger partial charge on any atom is 0.0971 e. The molecule has 0 saturated carbocycles. The van der Waals surface area contributed by atoms with Crippen molar-refractivity contribution in [2.45, 2.75) is 18.3 Å². The molecule has 0 spiro atoms. The molecule has 3 atom stereocenters. The van der Waals surface area contributed by atoms with Crippen molar-refractivity contribution in [2.24, 2.45) is 0 Å². The molecular weight excluding hydrogens is 238 g/mol. The van der Waals surface area contributed by atoms with Crippen LogP contribution in [0.1, 0.15) is 0 Å². The first-order valence-corrected chi connectivity index (χ1v) is 6.24. The Morgan fingerprint density at radius 3 is 2.22 bits per heavy atom. The van der Waals surface area contributed by atoms with Crippen LogP contribution in [0.5, 0.6) is 0 Å². The van der Waals surface area contributed by atoms with Crippen molar-refractivity contribution in [2.75, 3.05) is 60.8 Å². The van der Waals surface area contributed by atoms with Gasteiger partial charge in [0.2, 0.25) is 0 Å². The van der Waals surface area contributed by atoms with Crippen molar-refractivity contribution in [3.63, 3.8) is 0 Å². The Bertz CT molecular complexity index is 205. The summed E-state index contributed by atoms with van der Waals surface area (Å²) in [6, 6.07) is 0. The van der Waals surface area contributed by atoms with Gasteiger partial charge in [0.1, 0.15) is 0 Å². The SMILES string of the molecule is COCCOCC(O)CN1CC(OC)C(OC)C1. The Hall–Kier alpha value is -0.240. The van der Waals surface area contributed by atoms with E-state index in [0.29, 0.717) is 26.4 Å². The molecule has 6 heteroatoms. The average Bonchev–Trinajstić information content (AvgIpc) is 2.76. The summed E-state index contributed by atoms with van der Waals surface area (Å²) >= 11 is 0. The molecule has 1 rings (SSSR count). The zero-order chi connectivity index (χ0) is 13.4. The van der Waals surface area contributed by atoms with Gasteiger partial charge in [0.25, 0.3) is 0 Å². The number of aliphatic hydroxyl groups is 1. The van der Waals surface area contributed by atoms with Crippen LogP contribution < -0.4 is 0 Å². The van der Waals surface area contributed by atoms with Crippen LogP contribution in [-0.2, 0) is 18.9 Å². The fraction of sp³-hybridized carbons (Fsp3) is 1.00. The van der Waals surface area contributed by atoms with Gasteiger partial charge in [0, 0.05) is 41.0 Å². The van der Waals surface area contributed by atoms with Crippen LogP contribution in [0, 0.1) is 0 Å². The van der Waals surface area contributed by atoms with Crippen LogP contribution in [0.4, 0.5) is 0 Å². The van der Waals surface area contributed by atoms with Gasteiger partial charge in [-0.3, -0.25) is 4.90 Å². The van der Waals surface area contributed by atoms with Gasteiger partial charge in [0.15, 0.2) is 0 Å². The lowest BCUT2D eigenvalue weighted by Gasteiger charge is -2.19. The minimum Gasteiger partial charge on any atom is -0.389 e. The van der Waals surface area contributed by atoms with E-state index in [4.69, 9.17) is 18.9 Å². The lowest BCUT2D eigenvalue weighted by atomic mass is 10.3. The van der Waals surface area contributed by atoms with Gasteiger partial charge in [-0.15, -0.1) is 0 Å². The minimum absolute atomic E-state index is 0.0802. The Morgan fingerprint density at radius 1 is 1.11 bits per heavy atom. The second-order valence-corrected chi connectivity index (χ2v) is 4.49. The topological polar surface area (TPSA) is 60.4 Å². The number of likely N-dealkylation sites (tertiary alicyclic amines) is 1. The molecule has 108 valence electrons. The van der Waals surface area contributed by atoms with E-state index < -0.39 is 6.10 Å². The molecule has 0 aliphatic carbocycles. The Balaban J connectivity index is 2.18. The maximum atomic E-state index is 9.84. The molecular formula is C12H25NO5. The Labute approximate surface area is 109 Å². The van der Waals surface area contributed by atoms with E-state index in [1.165, 1.54) is 0 Å². The van der Waals surface area contributed by atoms with Crippen molar-refractivity contribution < 1.29 is 24.1 Å². The van der Waals surface area contributed by atoms with Crippen LogP contribution >= 0.6 is 0 Å². The molecule has 0 aromatic rings. The third-order valence-electron chi connectivity index (χ3n) is 3.11. The first-order valence-electron chi connectivity index (χ1n) is 6.24. The van der Waals surface area contributed by atoms with Crippen LogP contribution in [0.25, 0.3) is 0 Å². The molecule has 0 aromatic heterocycles. The van der Waals surface area contributed by atoms with E-state index >= 15 is 0 Å². The summed E-state index contributed by atoms with van der Waals surface area (Å²) in [7, 11) is 4.99. The fourth-order valence-corrected chi connectivity index (χ4v) is 2.13. The predicted molar refractivity (Wildman–Crippen MR) is 66.7 cm³/mol. The average molecular weight is 263 g/mol. The number of hydrogen-bond donors (Lipinski definition) is 1.